The number of benzene rings is 1. The molecule has 2 aromatic rings. The van der Waals surface area contributed by atoms with E-state index in [1.807, 2.05) is 18.7 Å². The van der Waals surface area contributed by atoms with E-state index in [-0.39, 0.29) is 39.8 Å². The van der Waals surface area contributed by atoms with E-state index < -0.39 is 9.84 Å². The second-order valence-corrected chi connectivity index (χ2v) is 12.0. The van der Waals surface area contributed by atoms with Crippen LogP contribution in [-0.2, 0) is 14.6 Å². The molecule has 182 valence electrons. The zero-order chi connectivity index (χ0) is 24.3. The Morgan fingerprint density at radius 1 is 1.26 bits per heavy atom. The third kappa shape index (κ3) is 4.40. The molecule has 3 aliphatic rings. The molecule has 11 heteroatoms. The van der Waals surface area contributed by atoms with Crippen molar-refractivity contribution in [3.8, 4) is 5.88 Å². The molecule has 2 bridgehead atoms. The highest BCUT2D eigenvalue weighted by molar-refractivity contribution is 7.90. The number of ether oxygens (including phenoxy) is 2. The van der Waals surface area contributed by atoms with Crippen molar-refractivity contribution in [2.45, 2.75) is 74.6 Å². The summed E-state index contributed by atoms with van der Waals surface area (Å²) in [5.74, 6) is 0.932. The van der Waals surface area contributed by atoms with Gasteiger partial charge < -0.3 is 14.8 Å². The van der Waals surface area contributed by atoms with Crippen molar-refractivity contribution < 1.29 is 22.7 Å². The summed E-state index contributed by atoms with van der Waals surface area (Å²) in [6.07, 6.45) is 6.51. The van der Waals surface area contributed by atoms with Gasteiger partial charge in [0.1, 0.15) is 23.9 Å². The smallest absolute Gasteiger partial charge is 0.410 e. The molecule has 1 aromatic heterocycles. The van der Waals surface area contributed by atoms with Gasteiger partial charge in [-0.3, -0.25) is 4.90 Å². The Hall–Kier alpha value is -2.59. The topological polar surface area (TPSA) is 111 Å². The van der Waals surface area contributed by atoms with Gasteiger partial charge in [-0.1, -0.05) is 11.6 Å². The van der Waals surface area contributed by atoms with Crippen molar-refractivity contribution in [3.63, 3.8) is 0 Å². The van der Waals surface area contributed by atoms with Crippen LogP contribution in [0.15, 0.2) is 29.4 Å². The molecule has 3 fully saturated rings. The van der Waals surface area contributed by atoms with Gasteiger partial charge in [-0.25, -0.2) is 23.2 Å². The van der Waals surface area contributed by atoms with Gasteiger partial charge in [-0.05, 0) is 57.7 Å². The van der Waals surface area contributed by atoms with Gasteiger partial charge in [0.25, 0.3) is 0 Å². The number of hydrogen-bond donors (Lipinski definition) is 1. The molecular weight excluding hydrogens is 480 g/mol. The molecule has 2 aliphatic heterocycles. The Labute approximate surface area is 203 Å². The Balaban J connectivity index is 1.30. The number of sulfone groups is 1. The summed E-state index contributed by atoms with van der Waals surface area (Å²) in [4.78, 5) is 23.4. The van der Waals surface area contributed by atoms with E-state index in [0.717, 1.165) is 38.4 Å². The maximum atomic E-state index is 12.8. The number of nitrogens with zero attached hydrogens (tertiary/aromatic N) is 3. The number of carbonyl (C=O) groups is 1. The lowest BCUT2D eigenvalue weighted by molar-refractivity contribution is 0.0482. The number of nitrogens with one attached hydrogen (secondary N) is 1. The van der Waals surface area contributed by atoms with Gasteiger partial charge in [-0.2, -0.15) is 0 Å². The number of rotatable bonds is 6. The van der Waals surface area contributed by atoms with Crippen molar-refractivity contribution in [2.24, 2.45) is 0 Å². The highest BCUT2D eigenvalue weighted by Crippen LogP contribution is 2.44. The van der Waals surface area contributed by atoms with E-state index in [1.165, 1.54) is 18.5 Å². The van der Waals surface area contributed by atoms with E-state index in [4.69, 9.17) is 21.1 Å². The van der Waals surface area contributed by atoms with Crippen molar-refractivity contribution in [2.75, 3.05) is 11.6 Å². The highest BCUT2D eigenvalue weighted by Gasteiger charge is 2.53. The first kappa shape index (κ1) is 23.2. The predicted molar refractivity (Wildman–Crippen MR) is 126 cm³/mol. The number of anilines is 2. The van der Waals surface area contributed by atoms with Crippen LogP contribution in [0.2, 0.25) is 5.02 Å². The number of halogens is 1. The molecular formula is C23H27ClN4O5S. The molecule has 1 saturated carbocycles. The summed E-state index contributed by atoms with van der Waals surface area (Å²) in [5.41, 5.74) is 0.900. The second kappa shape index (κ2) is 8.27. The van der Waals surface area contributed by atoms with Crippen molar-refractivity contribution in [1.29, 1.82) is 0 Å². The Kier molecular flexibility index (Phi) is 5.63. The zero-order valence-electron chi connectivity index (χ0n) is 19.2. The summed E-state index contributed by atoms with van der Waals surface area (Å²) in [5, 5.41) is 3.39. The molecule has 1 aliphatic carbocycles. The average molecular weight is 507 g/mol. The number of carbonyl (C=O) groups excluding carboxylic acids is 1. The van der Waals surface area contributed by atoms with Crippen LogP contribution in [0.5, 0.6) is 5.88 Å². The monoisotopic (exact) mass is 506 g/mol. The number of hydrogen-bond acceptors (Lipinski definition) is 8. The molecule has 1 N–H and O–H groups in total. The molecule has 2 saturated heterocycles. The van der Waals surface area contributed by atoms with Crippen LogP contribution in [0.1, 0.15) is 44.6 Å². The van der Waals surface area contributed by atoms with Crippen LogP contribution in [0.4, 0.5) is 16.3 Å². The fourth-order valence-electron chi connectivity index (χ4n) is 4.66. The van der Waals surface area contributed by atoms with Gasteiger partial charge in [0.05, 0.1) is 27.2 Å². The van der Waals surface area contributed by atoms with Crippen molar-refractivity contribution in [3.05, 3.63) is 35.1 Å². The largest absolute Gasteiger partial charge is 0.472 e. The van der Waals surface area contributed by atoms with Crippen LogP contribution in [0.3, 0.4) is 0 Å². The van der Waals surface area contributed by atoms with Crippen molar-refractivity contribution >= 4 is 39.0 Å². The summed E-state index contributed by atoms with van der Waals surface area (Å²) in [6, 6.07) is 4.57. The minimum atomic E-state index is -3.36. The summed E-state index contributed by atoms with van der Waals surface area (Å²) in [7, 11) is -3.36. The molecule has 3 atom stereocenters. The Bertz CT molecular complexity index is 1250. The van der Waals surface area contributed by atoms with E-state index in [0.29, 0.717) is 22.9 Å². The summed E-state index contributed by atoms with van der Waals surface area (Å²) < 4.78 is 35.5. The standard InChI is InChI=1S/C23H27ClN4O5S/c1-13-20(27-17-6-5-15(11-16(17)24)34(3,30)31)25-12-26-21(13)32-19-10-14-4-7-18(19)28(14)22(29)33-23(2)8-9-23/h5-6,11-12,14,18-19H,4,7-10H2,1-3H3,(H,25,26,27)/t14?,18?,19-/m0/s1. The predicted octanol–water partition coefficient (Wildman–Crippen LogP) is 4.26. The van der Waals surface area contributed by atoms with E-state index in [9.17, 15) is 13.2 Å². The molecule has 1 aromatic carbocycles. The summed E-state index contributed by atoms with van der Waals surface area (Å²) >= 11 is 6.30. The number of aromatic nitrogens is 2. The van der Waals surface area contributed by atoms with Crippen LogP contribution >= 0.6 is 11.6 Å². The van der Waals surface area contributed by atoms with Crippen LogP contribution in [-0.4, -0.2) is 59.4 Å². The van der Waals surface area contributed by atoms with Crippen LogP contribution in [0, 0.1) is 6.92 Å². The zero-order valence-corrected chi connectivity index (χ0v) is 20.8. The maximum absolute atomic E-state index is 12.8. The first-order valence-electron chi connectivity index (χ1n) is 11.3. The first-order chi connectivity index (χ1) is 16.0. The van der Waals surface area contributed by atoms with Gasteiger partial charge in [0.15, 0.2) is 9.84 Å². The molecule has 2 unspecified atom stereocenters. The first-order valence-corrected chi connectivity index (χ1v) is 13.6. The molecule has 3 heterocycles. The maximum Gasteiger partial charge on any atom is 0.410 e. The summed E-state index contributed by atoms with van der Waals surface area (Å²) in [6.45, 7) is 3.81. The molecule has 0 spiro atoms. The number of fused-ring (bicyclic) bond motifs is 2. The molecule has 34 heavy (non-hydrogen) atoms. The molecule has 1 amide bonds. The Morgan fingerprint density at radius 2 is 2.03 bits per heavy atom. The van der Waals surface area contributed by atoms with E-state index in [2.05, 4.69) is 15.3 Å². The third-order valence-electron chi connectivity index (χ3n) is 6.90. The lowest BCUT2D eigenvalue weighted by Gasteiger charge is -2.26. The van der Waals surface area contributed by atoms with Crippen LogP contribution < -0.4 is 10.1 Å². The highest BCUT2D eigenvalue weighted by atomic mass is 35.5. The molecule has 5 rings (SSSR count). The molecule has 9 nitrogen and oxygen atoms in total. The Morgan fingerprint density at radius 3 is 2.71 bits per heavy atom. The lowest BCUT2D eigenvalue weighted by Crippen LogP contribution is -2.41. The van der Waals surface area contributed by atoms with Gasteiger partial charge in [-0.15, -0.1) is 0 Å². The second-order valence-electron chi connectivity index (χ2n) is 9.61. The normalized spacial score (nSPS) is 24.7. The van der Waals surface area contributed by atoms with Gasteiger partial charge in [0, 0.05) is 18.7 Å². The fourth-order valence-corrected chi connectivity index (χ4v) is 5.60. The fraction of sp³-hybridized carbons (Fsp3) is 0.522. The van der Waals surface area contributed by atoms with Crippen LogP contribution in [0.25, 0.3) is 0 Å². The number of amides is 1. The lowest BCUT2D eigenvalue weighted by atomic mass is 9.98. The van der Waals surface area contributed by atoms with E-state index >= 15 is 0 Å². The van der Waals surface area contributed by atoms with E-state index in [1.54, 1.807) is 6.07 Å². The van der Waals surface area contributed by atoms with Crippen molar-refractivity contribution in [1.82, 2.24) is 14.9 Å². The SMILES string of the molecule is Cc1c(Nc2ccc(S(C)(=O)=O)cc2Cl)ncnc1O[C@H]1CC2CCC1N2C(=O)OC1(C)CC1. The third-order valence-corrected chi connectivity index (χ3v) is 8.32. The minimum Gasteiger partial charge on any atom is -0.472 e. The quantitative estimate of drug-likeness (QED) is 0.618. The van der Waals surface area contributed by atoms with Gasteiger partial charge in [0.2, 0.25) is 5.88 Å². The van der Waals surface area contributed by atoms with Gasteiger partial charge >= 0.3 is 6.09 Å². The average Bonchev–Trinajstić information content (AvgIpc) is 3.21. The minimum absolute atomic E-state index is 0.0383. The molecule has 0 radical (unpaired) electrons.